The molecule has 2 rings (SSSR count). The third kappa shape index (κ3) is 4.52. The Labute approximate surface area is 127 Å². The summed E-state index contributed by atoms with van der Waals surface area (Å²) >= 11 is 0. The molecule has 0 saturated heterocycles. The predicted molar refractivity (Wildman–Crippen MR) is 77.4 cm³/mol. The first-order valence-electron chi connectivity index (χ1n) is 6.60. The summed E-state index contributed by atoms with van der Waals surface area (Å²) in [5.41, 5.74) is 6.43. The minimum absolute atomic E-state index is 0. The third-order valence-electron chi connectivity index (χ3n) is 3.73. The highest BCUT2D eigenvalue weighted by atomic mass is 35.5. The molecule has 0 radical (unpaired) electrons. The highest BCUT2D eigenvalue weighted by Gasteiger charge is 2.41. The van der Waals surface area contributed by atoms with E-state index < -0.39 is 12.1 Å². The van der Waals surface area contributed by atoms with Crippen LogP contribution in [-0.4, -0.2) is 18.1 Å². The summed E-state index contributed by atoms with van der Waals surface area (Å²) in [6.45, 7) is 0. The third-order valence-corrected chi connectivity index (χ3v) is 3.73. The molecule has 0 heterocycles. The van der Waals surface area contributed by atoms with E-state index in [0.717, 1.165) is 0 Å². The monoisotopic (exact) mass is 322 g/mol. The molecule has 1 fully saturated rings. The van der Waals surface area contributed by atoms with E-state index in [2.05, 4.69) is 5.32 Å². The van der Waals surface area contributed by atoms with Crippen LogP contribution in [0.3, 0.4) is 0 Å². The summed E-state index contributed by atoms with van der Waals surface area (Å²) < 4.78 is 37.6. The zero-order valence-electron chi connectivity index (χ0n) is 11.3. The number of amides is 1. The molecule has 3 N–H and O–H groups in total. The molecular weight excluding hydrogens is 305 g/mol. The zero-order valence-corrected chi connectivity index (χ0v) is 12.1. The summed E-state index contributed by atoms with van der Waals surface area (Å²) in [5, 5.41) is 2.76. The van der Waals surface area contributed by atoms with E-state index in [0.29, 0.717) is 24.1 Å². The molecule has 0 bridgehead atoms. The Morgan fingerprint density at radius 2 is 1.71 bits per heavy atom. The van der Waals surface area contributed by atoms with Crippen molar-refractivity contribution < 1.29 is 18.0 Å². The van der Waals surface area contributed by atoms with Crippen LogP contribution in [-0.2, 0) is 0 Å². The van der Waals surface area contributed by atoms with Gasteiger partial charge in [0.2, 0.25) is 0 Å². The molecule has 118 valence electrons. The summed E-state index contributed by atoms with van der Waals surface area (Å²) in [6, 6.07) is 6.44. The molecule has 0 aromatic heterocycles. The lowest BCUT2D eigenvalue weighted by Gasteiger charge is -2.30. The van der Waals surface area contributed by atoms with Crippen LogP contribution >= 0.6 is 12.4 Å². The Morgan fingerprint density at radius 3 is 2.24 bits per heavy atom. The smallest absolute Gasteiger partial charge is 0.391 e. The Morgan fingerprint density at radius 1 is 1.14 bits per heavy atom. The van der Waals surface area contributed by atoms with Gasteiger partial charge >= 0.3 is 6.18 Å². The topological polar surface area (TPSA) is 55.1 Å². The number of alkyl halides is 3. The van der Waals surface area contributed by atoms with Crippen LogP contribution in [0.5, 0.6) is 0 Å². The van der Waals surface area contributed by atoms with Crippen molar-refractivity contribution in [3.05, 3.63) is 29.8 Å². The van der Waals surface area contributed by atoms with Crippen molar-refractivity contribution in [3.63, 3.8) is 0 Å². The number of anilines is 1. The zero-order chi connectivity index (χ0) is 14.8. The summed E-state index contributed by atoms with van der Waals surface area (Å²) in [6.07, 6.45) is -3.29. The Kier molecular flexibility index (Phi) is 5.89. The first kappa shape index (κ1) is 17.6. The number of para-hydroxylation sites is 1. The Hall–Kier alpha value is -1.43. The summed E-state index contributed by atoms with van der Waals surface area (Å²) in [5.74, 6) is -1.56. The second kappa shape index (κ2) is 7.02. The molecule has 0 atom stereocenters. The van der Waals surface area contributed by atoms with Crippen molar-refractivity contribution in [3.8, 4) is 0 Å². The Bertz CT molecular complexity index is 485. The van der Waals surface area contributed by atoms with Gasteiger partial charge in [-0.2, -0.15) is 13.2 Å². The number of nitrogen functional groups attached to an aromatic ring is 1. The van der Waals surface area contributed by atoms with Crippen molar-refractivity contribution in [2.45, 2.75) is 37.9 Å². The maximum Gasteiger partial charge on any atom is 0.391 e. The molecule has 0 unspecified atom stereocenters. The fourth-order valence-corrected chi connectivity index (χ4v) is 2.53. The minimum Gasteiger partial charge on any atom is -0.398 e. The summed E-state index contributed by atoms with van der Waals surface area (Å²) in [7, 11) is 0. The molecule has 21 heavy (non-hydrogen) atoms. The summed E-state index contributed by atoms with van der Waals surface area (Å²) in [4.78, 5) is 12.0. The van der Waals surface area contributed by atoms with Crippen LogP contribution in [0.25, 0.3) is 0 Å². The van der Waals surface area contributed by atoms with Gasteiger partial charge in [-0.3, -0.25) is 4.79 Å². The van der Waals surface area contributed by atoms with E-state index in [1.54, 1.807) is 24.3 Å². The van der Waals surface area contributed by atoms with Crippen molar-refractivity contribution >= 4 is 24.0 Å². The highest BCUT2D eigenvalue weighted by molar-refractivity contribution is 5.99. The minimum atomic E-state index is -4.13. The van der Waals surface area contributed by atoms with Crippen molar-refractivity contribution in [1.82, 2.24) is 5.32 Å². The standard InChI is InChI=1S/C14H17F3N2O.ClH/c15-14(16,17)9-5-7-10(8-6-9)19-13(20)11-3-1-2-4-12(11)18;/h1-4,9-10H,5-8,18H2,(H,19,20);1H. The number of nitrogens with one attached hydrogen (secondary N) is 1. The number of halogens is 4. The van der Waals surface area contributed by atoms with Gasteiger partial charge in [0, 0.05) is 11.7 Å². The van der Waals surface area contributed by atoms with Gasteiger partial charge in [0.25, 0.3) is 5.91 Å². The highest BCUT2D eigenvalue weighted by Crippen LogP contribution is 2.37. The van der Waals surface area contributed by atoms with E-state index in [9.17, 15) is 18.0 Å². The Balaban J connectivity index is 0.00000220. The fraction of sp³-hybridized carbons (Fsp3) is 0.500. The molecule has 1 amide bonds. The maximum absolute atomic E-state index is 12.5. The van der Waals surface area contributed by atoms with Crippen LogP contribution in [0, 0.1) is 5.92 Å². The number of carbonyl (C=O) groups excluding carboxylic acids is 1. The van der Waals surface area contributed by atoms with Crippen LogP contribution < -0.4 is 11.1 Å². The molecule has 1 aliphatic carbocycles. The SMILES string of the molecule is Cl.Nc1ccccc1C(=O)NC1CCC(C(F)(F)F)CC1. The van der Waals surface area contributed by atoms with E-state index in [-0.39, 0.29) is 37.2 Å². The first-order valence-corrected chi connectivity index (χ1v) is 6.60. The lowest BCUT2D eigenvalue weighted by atomic mass is 9.85. The lowest BCUT2D eigenvalue weighted by molar-refractivity contribution is -0.182. The van der Waals surface area contributed by atoms with Gasteiger partial charge in [0.05, 0.1) is 11.5 Å². The van der Waals surface area contributed by atoms with E-state index in [4.69, 9.17) is 5.73 Å². The predicted octanol–water partition coefficient (Wildman–Crippen LogP) is 3.54. The molecule has 3 nitrogen and oxygen atoms in total. The first-order chi connectivity index (χ1) is 9.38. The maximum atomic E-state index is 12.5. The van der Waals surface area contributed by atoms with Gasteiger partial charge < -0.3 is 11.1 Å². The van der Waals surface area contributed by atoms with Crippen LogP contribution in [0.15, 0.2) is 24.3 Å². The number of hydrogen-bond acceptors (Lipinski definition) is 2. The molecule has 1 saturated carbocycles. The van der Waals surface area contributed by atoms with Crippen LogP contribution in [0.2, 0.25) is 0 Å². The number of nitrogens with two attached hydrogens (primary N) is 1. The van der Waals surface area contributed by atoms with E-state index in [1.807, 2.05) is 0 Å². The average Bonchev–Trinajstić information content (AvgIpc) is 2.38. The molecule has 7 heteroatoms. The van der Waals surface area contributed by atoms with Gasteiger partial charge in [-0.1, -0.05) is 12.1 Å². The van der Waals surface area contributed by atoms with E-state index in [1.165, 1.54) is 0 Å². The number of hydrogen-bond donors (Lipinski definition) is 2. The van der Waals surface area contributed by atoms with Gasteiger partial charge in [-0.05, 0) is 37.8 Å². The number of rotatable bonds is 2. The number of carbonyl (C=O) groups is 1. The molecule has 0 spiro atoms. The van der Waals surface area contributed by atoms with Crippen LogP contribution in [0.4, 0.5) is 18.9 Å². The largest absolute Gasteiger partial charge is 0.398 e. The molecule has 1 aliphatic rings. The molecule has 1 aromatic carbocycles. The normalized spacial score (nSPS) is 22.2. The van der Waals surface area contributed by atoms with Gasteiger partial charge in [-0.15, -0.1) is 12.4 Å². The molecule has 0 aliphatic heterocycles. The fourth-order valence-electron chi connectivity index (χ4n) is 2.53. The second-order valence-corrected chi connectivity index (χ2v) is 5.15. The van der Waals surface area contributed by atoms with Gasteiger partial charge in [0.15, 0.2) is 0 Å². The van der Waals surface area contributed by atoms with Gasteiger partial charge in [-0.25, -0.2) is 0 Å². The lowest BCUT2D eigenvalue weighted by Crippen LogP contribution is -2.40. The van der Waals surface area contributed by atoms with E-state index >= 15 is 0 Å². The van der Waals surface area contributed by atoms with Crippen molar-refractivity contribution in [2.75, 3.05) is 5.73 Å². The van der Waals surface area contributed by atoms with Crippen LogP contribution in [0.1, 0.15) is 36.0 Å². The van der Waals surface area contributed by atoms with Crippen molar-refractivity contribution in [2.24, 2.45) is 5.92 Å². The number of benzene rings is 1. The van der Waals surface area contributed by atoms with Gasteiger partial charge in [0.1, 0.15) is 0 Å². The molecule has 1 aromatic rings. The quantitative estimate of drug-likeness (QED) is 0.818. The second-order valence-electron chi connectivity index (χ2n) is 5.15. The van der Waals surface area contributed by atoms with Crippen molar-refractivity contribution in [1.29, 1.82) is 0 Å². The molecular formula is C14H18ClF3N2O. The average molecular weight is 323 g/mol.